The molecule has 1 aromatic carbocycles. The summed E-state index contributed by atoms with van der Waals surface area (Å²) in [5, 5.41) is 11.2. The molecule has 0 aromatic heterocycles. The van der Waals surface area contributed by atoms with Crippen molar-refractivity contribution >= 4 is 15.7 Å². The Labute approximate surface area is 148 Å². The summed E-state index contributed by atoms with van der Waals surface area (Å²) in [7, 11) is -3.83. The van der Waals surface area contributed by atoms with E-state index in [2.05, 4.69) is 4.90 Å². The zero-order valence-corrected chi connectivity index (χ0v) is 15.2. The lowest BCUT2D eigenvalue weighted by atomic mass is 10.1. The monoisotopic (exact) mass is 367 g/mol. The Hall–Kier alpha value is -1.51. The van der Waals surface area contributed by atoms with Crippen LogP contribution < -0.4 is 0 Å². The number of hydrogen-bond donors (Lipinski definition) is 0. The van der Waals surface area contributed by atoms with Crippen molar-refractivity contribution in [1.29, 1.82) is 0 Å². The van der Waals surface area contributed by atoms with Crippen LogP contribution in [-0.2, 0) is 10.0 Å². The van der Waals surface area contributed by atoms with Crippen LogP contribution in [0, 0.1) is 10.1 Å². The summed E-state index contributed by atoms with van der Waals surface area (Å²) in [6.07, 6.45) is 7.47. The van der Waals surface area contributed by atoms with Gasteiger partial charge in [-0.3, -0.25) is 15.0 Å². The van der Waals surface area contributed by atoms with Gasteiger partial charge < -0.3 is 0 Å². The van der Waals surface area contributed by atoms with E-state index in [1.165, 1.54) is 67.1 Å². The molecule has 0 atom stereocenters. The number of nitrogens with zero attached hydrogens (tertiary/aromatic N) is 3. The third kappa shape index (κ3) is 4.02. The van der Waals surface area contributed by atoms with Gasteiger partial charge in [-0.2, -0.15) is 4.31 Å². The molecule has 25 heavy (non-hydrogen) atoms. The summed E-state index contributed by atoms with van der Waals surface area (Å²) < 4.78 is 27.1. The Bertz CT molecular complexity index is 706. The number of nitro groups is 1. The van der Waals surface area contributed by atoms with Gasteiger partial charge >= 0.3 is 0 Å². The van der Waals surface area contributed by atoms with E-state index in [0.29, 0.717) is 32.2 Å². The fourth-order valence-corrected chi connectivity index (χ4v) is 5.48. The van der Waals surface area contributed by atoms with Crippen molar-refractivity contribution in [2.45, 2.75) is 49.5 Å². The lowest BCUT2D eigenvalue weighted by molar-refractivity contribution is -0.387. The third-order valence-electron chi connectivity index (χ3n) is 5.29. The highest BCUT2D eigenvalue weighted by Crippen LogP contribution is 2.28. The minimum Gasteiger partial charge on any atom is -0.298 e. The van der Waals surface area contributed by atoms with Crippen LogP contribution in [0.3, 0.4) is 0 Å². The van der Waals surface area contributed by atoms with E-state index < -0.39 is 14.9 Å². The highest BCUT2D eigenvalue weighted by molar-refractivity contribution is 7.89. The van der Waals surface area contributed by atoms with Gasteiger partial charge in [-0.25, -0.2) is 8.42 Å². The second kappa shape index (κ2) is 7.80. The number of hydrogen-bond acceptors (Lipinski definition) is 5. The average Bonchev–Trinajstić information content (AvgIpc) is 2.91. The maximum Gasteiger partial charge on any atom is 0.289 e. The number of para-hydroxylation sites is 1. The Morgan fingerprint density at radius 1 is 0.960 bits per heavy atom. The van der Waals surface area contributed by atoms with E-state index in [-0.39, 0.29) is 10.6 Å². The predicted octanol–water partition coefficient (Wildman–Crippen LogP) is 2.62. The smallest absolute Gasteiger partial charge is 0.289 e. The van der Waals surface area contributed by atoms with Crippen LogP contribution in [0.15, 0.2) is 29.2 Å². The Kier molecular flexibility index (Phi) is 5.71. The van der Waals surface area contributed by atoms with Crippen molar-refractivity contribution in [3.63, 3.8) is 0 Å². The molecule has 3 rings (SSSR count). The number of sulfonamides is 1. The lowest BCUT2D eigenvalue weighted by Gasteiger charge is -2.38. The summed E-state index contributed by atoms with van der Waals surface area (Å²) in [6.45, 7) is 2.19. The van der Waals surface area contributed by atoms with Gasteiger partial charge in [0, 0.05) is 38.3 Å². The van der Waals surface area contributed by atoms with Crippen molar-refractivity contribution in [2.24, 2.45) is 0 Å². The molecule has 0 spiro atoms. The molecule has 0 amide bonds. The zero-order chi connectivity index (χ0) is 17.9. The molecule has 138 valence electrons. The minimum atomic E-state index is -3.83. The Morgan fingerprint density at radius 2 is 1.56 bits per heavy atom. The topological polar surface area (TPSA) is 83.8 Å². The largest absolute Gasteiger partial charge is 0.298 e. The first-order chi connectivity index (χ1) is 12.0. The van der Waals surface area contributed by atoms with E-state index in [9.17, 15) is 18.5 Å². The summed E-state index contributed by atoms with van der Waals surface area (Å²) in [4.78, 5) is 12.7. The van der Waals surface area contributed by atoms with Crippen LogP contribution in [0.25, 0.3) is 0 Å². The molecular weight excluding hydrogens is 342 g/mol. The molecule has 2 aliphatic rings. The van der Waals surface area contributed by atoms with Crippen molar-refractivity contribution in [3.05, 3.63) is 34.4 Å². The highest BCUT2D eigenvalue weighted by Gasteiger charge is 2.34. The van der Waals surface area contributed by atoms with E-state index in [1.807, 2.05) is 0 Å². The summed E-state index contributed by atoms with van der Waals surface area (Å²) >= 11 is 0. The Morgan fingerprint density at radius 3 is 2.16 bits per heavy atom. The van der Waals surface area contributed by atoms with Crippen LogP contribution in [-0.4, -0.2) is 54.8 Å². The predicted molar refractivity (Wildman–Crippen MR) is 94.9 cm³/mol. The first-order valence-corrected chi connectivity index (χ1v) is 10.4. The van der Waals surface area contributed by atoms with Gasteiger partial charge in [0.15, 0.2) is 4.90 Å². The van der Waals surface area contributed by atoms with E-state index in [4.69, 9.17) is 0 Å². The van der Waals surface area contributed by atoms with E-state index in [1.54, 1.807) is 0 Å². The average molecular weight is 367 g/mol. The lowest BCUT2D eigenvalue weighted by Crippen LogP contribution is -2.51. The summed E-state index contributed by atoms with van der Waals surface area (Å²) in [6, 6.07) is 6.14. The van der Waals surface area contributed by atoms with Crippen LogP contribution in [0.2, 0.25) is 0 Å². The van der Waals surface area contributed by atoms with Gasteiger partial charge in [0.05, 0.1) is 4.92 Å². The van der Waals surface area contributed by atoms with Gasteiger partial charge in [0.1, 0.15) is 0 Å². The third-order valence-corrected chi connectivity index (χ3v) is 7.24. The number of rotatable bonds is 4. The quantitative estimate of drug-likeness (QED) is 0.464. The van der Waals surface area contributed by atoms with Crippen LogP contribution >= 0.6 is 0 Å². The van der Waals surface area contributed by atoms with Crippen molar-refractivity contribution in [2.75, 3.05) is 26.2 Å². The number of benzene rings is 1. The molecular formula is C17H25N3O4S. The number of piperazine rings is 1. The molecule has 1 aliphatic heterocycles. The second-order valence-electron chi connectivity index (χ2n) is 6.81. The minimum absolute atomic E-state index is 0.206. The maximum atomic E-state index is 12.9. The standard InChI is InChI=1S/C17H25N3O4S/c21-20(22)16-9-5-6-10-17(16)25(23,24)19-13-11-18(12-14-19)15-7-3-1-2-4-8-15/h5-6,9-10,15H,1-4,7-8,11-14H2. The Balaban J connectivity index is 1.70. The van der Waals surface area contributed by atoms with Crippen LogP contribution in [0.4, 0.5) is 5.69 Å². The zero-order valence-electron chi connectivity index (χ0n) is 14.3. The molecule has 1 aromatic rings. The van der Waals surface area contributed by atoms with Gasteiger partial charge in [-0.15, -0.1) is 0 Å². The molecule has 8 heteroatoms. The molecule has 1 aliphatic carbocycles. The SMILES string of the molecule is O=[N+]([O-])c1ccccc1S(=O)(=O)N1CCN(C2CCCCCC2)CC1. The normalized spacial score (nSPS) is 21.8. The summed E-state index contributed by atoms with van der Waals surface area (Å²) in [5.74, 6) is 0. The fraction of sp³-hybridized carbons (Fsp3) is 0.647. The molecule has 7 nitrogen and oxygen atoms in total. The van der Waals surface area contributed by atoms with Gasteiger partial charge in [-0.1, -0.05) is 37.8 Å². The second-order valence-corrected chi connectivity index (χ2v) is 8.72. The number of nitro benzene ring substituents is 1. The van der Waals surface area contributed by atoms with Gasteiger partial charge in [-0.05, 0) is 18.9 Å². The maximum absolute atomic E-state index is 12.9. The molecule has 0 radical (unpaired) electrons. The van der Waals surface area contributed by atoms with Crippen molar-refractivity contribution in [1.82, 2.24) is 9.21 Å². The van der Waals surface area contributed by atoms with Crippen molar-refractivity contribution < 1.29 is 13.3 Å². The molecule has 0 unspecified atom stereocenters. The molecule has 0 bridgehead atoms. The van der Waals surface area contributed by atoms with Gasteiger partial charge in [0.2, 0.25) is 10.0 Å². The summed E-state index contributed by atoms with van der Waals surface area (Å²) in [5.41, 5.74) is -0.353. The van der Waals surface area contributed by atoms with Gasteiger partial charge in [0.25, 0.3) is 5.69 Å². The first-order valence-electron chi connectivity index (χ1n) is 8.98. The molecule has 1 heterocycles. The van der Waals surface area contributed by atoms with Crippen LogP contribution in [0.5, 0.6) is 0 Å². The fourth-order valence-electron chi connectivity index (χ4n) is 3.90. The van der Waals surface area contributed by atoms with E-state index in [0.717, 1.165) is 0 Å². The molecule has 0 N–H and O–H groups in total. The first kappa shape index (κ1) is 18.3. The van der Waals surface area contributed by atoms with E-state index >= 15 is 0 Å². The van der Waals surface area contributed by atoms with Crippen molar-refractivity contribution in [3.8, 4) is 0 Å². The highest BCUT2D eigenvalue weighted by atomic mass is 32.2. The molecule has 2 fully saturated rings. The molecule has 1 saturated carbocycles. The van der Waals surface area contributed by atoms with Crippen LogP contribution in [0.1, 0.15) is 38.5 Å². The molecule has 1 saturated heterocycles.